The van der Waals surface area contributed by atoms with Crippen molar-refractivity contribution in [3.63, 3.8) is 0 Å². The van der Waals surface area contributed by atoms with E-state index in [4.69, 9.17) is 5.73 Å². The normalized spacial score (nSPS) is 12.1. The van der Waals surface area contributed by atoms with E-state index < -0.39 is 17.8 Å². The van der Waals surface area contributed by atoms with Crippen LogP contribution in [0.2, 0.25) is 0 Å². The zero-order valence-electron chi connectivity index (χ0n) is 18.8. The number of nitrogens with one attached hydrogen (secondary N) is 2. The van der Waals surface area contributed by atoms with Crippen molar-refractivity contribution in [1.82, 2.24) is 14.9 Å². The van der Waals surface area contributed by atoms with Crippen LogP contribution >= 0.6 is 0 Å². The average Bonchev–Trinajstić information content (AvgIpc) is 2.79. The maximum absolute atomic E-state index is 13.5. The molecule has 2 aromatic carbocycles. The lowest BCUT2D eigenvalue weighted by atomic mass is 10.1. The van der Waals surface area contributed by atoms with Gasteiger partial charge in [-0.1, -0.05) is 32.0 Å². The van der Waals surface area contributed by atoms with Crippen LogP contribution < -0.4 is 16.4 Å². The molecule has 0 saturated heterocycles. The Balaban J connectivity index is 1.90. The summed E-state index contributed by atoms with van der Waals surface area (Å²) in [5.74, 6) is -0.641. The number of guanidine groups is 1. The van der Waals surface area contributed by atoms with Crippen molar-refractivity contribution in [3.8, 4) is 5.75 Å². The lowest BCUT2D eigenvalue weighted by Gasteiger charge is -2.19. The summed E-state index contributed by atoms with van der Waals surface area (Å²) < 4.78 is 40.4. The lowest BCUT2D eigenvalue weighted by Crippen LogP contribution is -2.22. The van der Waals surface area contributed by atoms with Gasteiger partial charge in [-0.3, -0.25) is 4.90 Å². The largest absolute Gasteiger partial charge is 0.508 e. The molecular weight excluding hydrogens is 447 g/mol. The summed E-state index contributed by atoms with van der Waals surface area (Å²) in [4.78, 5) is 13.6. The zero-order chi connectivity index (χ0) is 24.7. The second-order valence-corrected chi connectivity index (χ2v) is 7.35. The Morgan fingerprint density at radius 3 is 2.38 bits per heavy atom. The smallest absolute Gasteiger partial charge is 0.433 e. The first-order valence-electron chi connectivity index (χ1n) is 10.6. The summed E-state index contributed by atoms with van der Waals surface area (Å²) >= 11 is 0. The molecule has 0 aliphatic heterocycles. The number of aromatic hydroxyl groups is 1. The topological polar surface area (TPSA) is 112 Å². The number of benzene rings is 2. The van der Waals surface area contributed by atoms with E-state index in [9.17, 15) is 18.3 Å². The molecule has 0 aliphatic carbocycles. The van der Waals surface area contributed by atoms with Crippen LogP contribution in [0.25, 0.3) is 0 Å². The number of halogens is 3. The van der Waals surface area contributed by atoms with Gasteiger partial charge in [0.25, 0.3) is 5.95 Å². The predicted molar refractivity (Wildman–Crippen MR) is 126 cm³/mol. The molecule has 5 N–H and O–H groups in total. The third kappa shape index (κ3) is 6.82. The minimum absolute atomic E-state index is 0.0983. The van der Waals surface area contributed by atoms with E-state index >= 15 is 0 Å². The molecule has 0 radical (unpaired) electrons. The van der Waals surface area contributed by atoms with Crippen molar-refractivity contribution in [2.45, 2.75) is 26.6 Å². The molecule has 8 nitrogen and oxygen atoms in total. The fraction of sp³-hybridized carbons (Fsp3) is 0.261. The van der Waals surface area contributed by atoms with Crippen molar-refractivity contribution < 1.29 is 18.3 Å². The molecule has 11 heteroatoms. The number of aliphatic imine (C=N–C) groups is 1. The Morgan fingerprint density at radius 2 is 1.74 bits per heavy atom. The monoisotopic (exact) mass is 473 g/mol. The van der Waals surface area contributed by atoms with Gasteiger partial charge < -0.3 is 21.5 Å². The van der Waals surface area contributed by atoms with Crippen molar-refractivity contribution >= 4 is 29.1 Å². The molecule has 1 aromatic heterocycles. The summed E-state index contributed by atoms with van der Waals surface area (Å²) in [6.07, 6.45) is -4.71. The van der Waals surface area contributed by atoms with Crippen molar-refractivity contribution in [1.29, 1.82) is 0 Å². The van der Waals surface area contributed by atoms with Crippen LogP contribution in [0.5, 0.6) is 5.75 Å². The molecule has 0 aliphatic rings. The average molecular weight is 474 g/mol. The second-order valence-electron chi connectivity index (χ2n) is 7.35. The molecule has 1 heterocycles. The number of aromatic nitrogens is 2. The van der Waals surface area contributed by atoms with Crippen molar-refractivity contribution in [2.75, 3.05) is 23.7 Å². The number of nitrogens with two attached hydrogens (primary N) is 1. The lowest BCUT2D eigenvalue weighted by molar-refractivity contribution is -0.141. The highest BCUT2D eigenvalue weighted by atomic mass is 19.4. The quantitative estimate of drug-likeness (QED) is 0.210. The molecule has 0 atom stereocenters. The number of alkyl halides is 3. The van der Waals surface area contributed by atoms with Crippen LogP contribution in [0.1, 0.15) is 25.1 Å². The van der Waals surface area contributed by atoms with Crippen molar-refractivity contribution in [2.24, 2.45) is 10.7 Å². The number of rotatable bonds is 8. The Kier molecular flexibility index (Phi) is 7.90. The first kappa shape index (κ1) is 24.8. The number of phenolic OH excluding ortho intramolecular Hbond substituents is 1. The fourth-order valence-corrected chi connectivity index (χ4v) is 3.12. The maximum Gasteiger partial charge on any atom is 0.433 e. The predicted octanol–water partition coefficient (Wildman–Crippen LogP) is 4.84. The standard InChI is InChI=1S/C23H26F3N7O/c1-3-33(4-2)14-15-12-17(10-11-18(15)34)28-20-13-19(23(24,25)26)30-22(31-20)32-21(27)29-16-8-6-5-7-9-16/h5-13,34H,3-4,14H2,1-2H3,(H4,27,28,29,30,31,32). The first-order valence-corrected chi connectivity index (χ1v) is 10.6. The van der Waals surface area contributed by atoms with Gasteiger partial charge >= 0.3 is 6.18 Å². The van der Waals surface area contributed by atoms with Gasteiger partial charge in [-0.15, -0.1) is 0 Å². The van der Waals surface area contributed by atoms with Crippen LogP contribution in [-0.4, -0.2) is 39.0 Å². The summed E-state index contributed by atoms with van der Waals surface area (Å²) in [6, 6.07) is 14.3. The van der Waals surface area contributed by atoms with E-state index in [1.165, 1.54) is 6.07 Å². The molecule has 180 valence electrons. The molecule has 0 saturated carbocycles. The molecule has 0 unspecified atom stereocenters. The first-order chi connectivity index (χ1) is 16.2. The molecule has 0 fully saturated rings. The molecule has 0 bridgehead atoms. The molecule has 3 rings (SSSR count). The summed E-state index contributed by atoms with van der Waals surface area (Å²) in [7, 11) is 0. The third-order valence-electron chi connectivity index (χ3n) is 4.91. The number of para-hydroxylation sites is 1. The minimum Gasteiger partial charge on any atom is -0.508 e. The number of anilines is 3. The minimum atomic E-state index is -4.71. The second kappa shape index (κ2) is 10.8. The Bertz CT molecular complexity index is 1130. The highest BCUT2D eigenvalue weighted by Gasteiger charge is 2.34. The maximum atomic E-state index is 13.5. The van der Waals surface area contributed by atoms with Crippen LogP contribution in [-0.2, 0) is 12.7 Å². The van der Waals surface area contributed by atoms with E-state index in [1.807, 2.05) is 19.9 Å². The zero-order valence-corrected chi connectivity index (χ0v) is 18.8. The van der Waals surface area contributed by atoms with Crippen LogP contribution in [0.4, 0.5) is 36.3 Å². The van der Waals surface area contributed by atoms with Gasteiger partial charge in [-0.2, -0.15) is 23.1 Å². The Hall–Kier alpha value is -3.86. The van der Waals surface area contributed by atoms with Crippen LogP contribution in [0.3, 0.4) is 0 Å². The van der Waals surface area contributed by atoms with Gasteiger partial charge in [0.15, 0.2) is 5.69 Å². The molecule has 34 heavy (non-hydrogen) atoms. The molecule has 0 amide bonds. The number of phenols is 1. The van der Waals surface area contributed by atoms with Crippen LogP contribution in [0, 0.1) is 0 Å². The molecule has 3 aromatic rings. The number of nitrogens with zero attached hydrogens (tertiary/aromatic N) is 4. The van der Waals surface area contributed by atoms with E-state index in [2.05, 4.69) is 30.5 Å². The third-order valence-corrected chi connectivity index (χ3v) is 4.91. The van der Waals surface area contributed by atoms with E-state index in [0.717, 1.165) is 19.2 Å². The Labute approximate surface area is 195 Å². The van der Waals surface area contributed by atoms with Gasteiger partial charge in [-0.25, -0.2) is 4.98 Å². The summed E-state index contributed by atoms with van der Waals surface area (Å²) in [5.41, 5.74) is 6.36. The van der Waals surface area contributed by atoms with E-state index in [-0.39, 0.29) is 17.5 Å². The highest BCUT2D eigenvalue weighted by molar-refractivity contribution is 5.93. The van der Waals surface area contributed by atoms with Crippen LogP contribution in [0.15, 0.2) is 59.6 Å². The highest BCUT2D eigenvalue weighted by Crippen LogP contribution is 2.32. The van der Waals surface area contributed by atoms with Gasteiger partial charge in [0.05, 0.1) is 0 Å². The summed E-state index contributed by atoms with van der Waals surface area (Å²) in [6.45, 7) is 6.07. The number of hydrogen-bond donors (Lipinski definition) is 4. The number of hydrogen-bond acceptors (Lipinski definition) is 6. The van der Waals surface area contributed by atoms with Gasteiger partial charge in [-0.05, 0) is 43.4 Å². The van der Waals surface area contributed by atoms with Crippen molar-refractivity contribution in [3.05, 3.63) is 65.9 Å². The summed E-state index contributed by atoms with van der Waals surface area (Å²) in [5, 5.41) is 15.8. The fourth-order valence-electron chi connectivity index (χ4n) is 3.12. The molecular formula is C23H26F3N7O. The van der Waals surface area contributed by atoms with Gasteiger partial charge in [0, 0.05) is 29.5 Å². The van der Waals surface area contributed by atoms with Gasteiger partial charge in [0.2, 0.25) is 5.96 Å². The van der Waals surface area contributed by atoms with Gasteiger partial charge in [0.1, 0.15) is 11.6 Å². The molecule has 0 spiro atoms. The Morgan fingerprint density at radius 1 is 1.03 bits per heavy atom. The van der Waals surface area contributed by atoms with E-state index in [0.29, 0.717) is 23.5 Å². The SMILES string of the molecule is CCN(CC)Cc1cc(Nc2cc(C(F)(F)F)nc(/N=C(\N)Nc3ccccc3)n2)ccc1O. The van der Waals surface area contributed by atoms with E-state index in [1.54, 1.807) is 36.4 Å².